The Morgan fingerprint density at radius 3 is 2.59 bits per heavy atom. The number of nitriles is 1. The van der Waals surface area contributed by atoms with E-state index in [0.717, 1.165) is 12.0 Å². The molecule has 0 amide bonds. The largest absolute Gasteiger partial charge is 0.465 e. The zero-order valence-electron chi connectivity index (χ0n) is 9.68. The highest BCUT2D eigenvalue weighted by atomic mass is 16.3. The highest BCUT2D eigenvalue weighted by molar-refractivity contribution is 5.88. The Morgan fingerprint density at radius 1 is 1.29 bits per heavy atom. The summed E-state index contributed by atoms with van der Waals surface area (Å²) in [6.07, 6.45) is 4.35. The van der Waals surface area contributed by atoms with Crippen molar-refractivity contribution >= 4 is 11.6 Å². The number of rotatable bonds is 3. The first-order valence-electron chi connectivity index (χ1n) is 5.58. The summed E-state index contributed by atoms with van der Waals surface area (Å²) in [6, 6.07) is 13.9. The SMILES string of the molecule is CCc1ccc(/C(C#N)=C\c2ccco2)cc1. The quantitative estimate of drug-likeness (QED) is 0.740. The van der Waals surface area contributed by atoms with Crippen LogP contribution < -0.4 is 0 Å². The molecule has 0 spiro atoms. The van der Waals surface area contributed by atoms with Crippen LogP contribution in [-0.2, 0) is 6.42 Å². The summed E-state index contributed by atoms with van der Waals surface area (Å²) in [6.45, 7) is 2.11. The maximum absolute atomic E-state index is 9.14. The molecule has 0 aliphatic rings. The standard InChI is InChI=1S/C15H13NO/c1-2-12-5-7-13(8-6-12)14(11-16)10-15-4-3-9-17-15/h3-10H,2H2,1H3/b14-10-. The number of benzene rings is 1. The van der Waals surface area contributed by atoms with Crippen LogP contribution in [0.15, 0.2) is 47.1 Å². The normalized spacial score (nSPS) is 11.2. The van der Waals surface area contributed by atoms with Gasteiger partial charge in [-0.05, 0) is 35.8 Å². The second-order valence-electron chi connectivity index (χ2n) is 3.74. The molecule has 0 fully saturated rings. The lowest BCUT2D eigenvalue weighted by molar-refractivity contribution is 0.557. The van der Waals surface area contributed by atoms with E-state index in [2.05, 4.69) is 13.0 Å². The molecule has 0 radical (unpaired) electrons. The average Bonchev–Trinajstić information content (AvgIpc) is 2.89. The van der Waals surface area contributed by atoms with E-state index in [-0.39, 0.29) is 0 Å². The predicted molar refractivity (Wildman–Crippen MR) is 68.0 cm³/mol. The summed E-state index contributed by atoms with van der Waals surface area (Å²) in [4.78, 5) is 0. The summed E-state index contributed by atoms with van der Waals surface area (Å²) < 4.78 is 5.20. The van der Waals surface area contributed by atoms with Gasteiger partial charge in [0.05, 0.1) is 17.9 Å². The molecular formula is C15H13NO. The highest BCUT2D eigenvalue weighted by Gasteiger charge is 2.02. The lowest BCUT2D eigenvalue weighted by Gasteiger charge is -2.00. The Morgan fingerprint density at radius 2 is 2.06 bits per heavy atom. The van der Waals surface area contributed by atoms with E-state index in [1.165, 1.54) is 5.56 Å². The van der Waals surface area contributed by atoms with Gasteiger partial charge in [0, 0.05) is 0 Å². The van der Waals surface area contributed by atoms with E-state index in [9.17, 15) is 0 Å². The molecule has 1 heterocycles. The van der Waals surface area contributed by atoms with Crippen LogP contribution in [0.2, 0.25) is 0 Å². The number of hydrogen-bond donors (Lipinski definition) is 0. The Labute approximate surface area is 101 Å². The van der Waals surface area contributed by atoms with Crippen molar-refractivity contribution in [3.05, 3.63) is 59.5 Å². The van der Waals surface area contributed by atoms with Crippen LogP contribution in [-0.4, -0.2) is 0 Å². The number of allylic oxidation sites excluding steroid dienone is 1. The fourth-order valence-electron chi connectivity index (χ4n) is 1.62. The van der Waals surface area contributed by atoms with E-state index in [1.54, 1.807) is 18.4 Å². The fraction of sp³-hybridized carbons (Fsp3) is 0.133. The predicted octanol–water partition coefficient (Wildman–Crippen LogP) is 3.91. The molecule has 17 heavy (non-hydrogen) atoms. The van der Waals surface area contributed by atoms with Gasteiger partial charge < -0.3 is 4.42 Å². The summed E-state index contributed by atoms with van der Waals surface area (Å²) >= 11 is 0. The van der Waals surface area contributed by atoms with Crippen molar-refractivity contribution in [3.8, 4) is 6.07 Å². The first-order valence-corrected chi connectivity index (χ1v) is 5.58. The Kier molecular flexibility index (Phi) is 3.42. The maximum Gasteiger partial charge on any atom is 0.127 e. The highest BCUT2D eigenvalue weighted by Crippen LogP contribution is 2.18. The molecule has 2 aromatic rings. The van der Waals surface area contributed by atoms with Crippen LogP contribution in [0.5, 0.6) is 0 Å². The van der Waals surface area contributed by atoms with Crippen molar-refractivity contribution < 1.29 is 4.42 Å². The Hall–Kier alpha value is -2.27. The number of furan rings is 1. The van der Waals surface area contributed by atoms with E-state index in [4.69, 9.17) is 9.68 Å². The van der Waals surface area contributed by atoms with Crippen molar-refractivity contribution in [1.29, 1.82) is 5.26 Å². The second-order valence-corrected chi connectivity index (χ2v) is 3.74. The fourth-order valence-corrected chi connectivity index (χ4v) is 1.62. The van der Waals surface area contributed by atoms with E-state index in [1.807, 2.05) is 30.3 Å². The maximum atomic E-state index is 9.14. The second kappa shape index (κ2) is 5.18. The van der Waals surface area contributed by atoms with Gasteiger partial charge in [-0.2, -0.15) is 5.26 Å². The molecule has 1 aromatic carbocycles. The first-order chi connectivity index (χ1) is 8.33. The van der Waals surface area contributed by atoms with Crippen molar-refractivity contribution in [2.75, 3.05) is 0 Å². The molecule has 2 nitrogen and oxygen atoms in total. The van der Waals surface area contributed by atoms with Gasteiger partial charge in [-0.25, -0.2) is 0 Å². The third kappa shape index (κ3) is 2.64. The third-order valence-corrected chi connectivity index (χ3v) is 2.62. The van der Waals surface area contributed by atoms with Crippen molar-refractivity contribution in [1.82, 2.24) is 0 Å². The number of hydrogen-bond acceptors (Lipinski definition) is 2. The van der Waals surface area contributed by atoms with Gasteiger partial charge >= 0.3 is 0 Å². The van der Waals surface area contributed by atoms with E-state index < -0.39 is 0 Å². The molecule has 0 aliphatic carbocycles. The summed E-state index contributed by atoms with van der Waals surface area (Å²) in [5, 5.41) is 9.14. The molecule has 1 aromatic heterocycles. The van der Waals surface area contributed by atoms with Crippen LogP contribution in [0.1, 0.15) is 23.8 Å². The van der Waals surface area contributed by atoms with Gasteiger partial charge in [0.1, 0.15) is 5.76 Å². The van der Waals surface area contributed by atoms with Gasteiger partial charge in [-0.1, -0.05) is 31.2 Å². The smallest absolute Gasteiger partial charge is 0.127 e. The number of aryl methyl sites for hydroxylation is 1. The van der Waals surface area contributed by atoms with E-state index in [0.29, 0.717) is 11.3 Å². The average molecular weight is 223 g/mol. The topological polar surface area (TPSA) is 36.9 Å². The van der Waals surface area contributed by atoms with Gasteiger partial charge in [-0.15, -0.1) is 0 Å². The van der Waals surface area contributed by atoms with Crippen molar-refractivity contribution in [2.24, 2.45) is 0 Å². The molecule has 0 saturated carbocycles. The molecule has 2 rings (SSSR count). The van der Waals surface area contributed by atoms with Crippen LogP contribution in [0.3, 0.4) is 0 Å². The first kappa shape index (κ1) is 11.2. The molecule has 0 unspecified atom stereocenters. The van der Waals surface area contributed by atoms with E-state index >= 15 is 0 Å². The van der Waals surface area contributed by atoms with Gasteiger partial charge in [0.2, 0.25) is 0 Å². The minimum absolute atomic E-state index is 0.614. The van der Waals surface area contributed by atoms with Crippen LogP contribution in [0, 0.1) is 11.3 Å². The lowest BCUT2D eigenvalue weighted by atomic mass is 10.0. The van der Waals surface area contributed by atoms with Gasteiger partial charge in [-0.3, -0.25) is 0 Å². The van der Waals surface area contributed by atoms with Gasteiger partial charge in [0.25, 0.3) is 0 Å². The van der Waals surface area contributed by atoms with Crippen molar-refractivity contribution in [2.45, 2.75) is 13.3 Å². The molecule has 0 atom stereocenters. The minimum atomic E-state index is 0.614. The molecule has 0 aliphatic heterocycles. The number of nitrogens with zero attached hydrogens (tertiary/aromatic N) is 1. The lowest BCUT2D eigenvalue weighted by Crippen LogP contribution is -1.84. The monoisotopic (exact) mass is 223 g/mol. The summed E-state index contributed by atoms with van der Waals surface area (Å²) in [7, 11) is 0. The zero-order valence-corrected chi connectivity index (χ0v) is 9.68. The third-order valence-electron chi connectivity index (χ3n) is 2.62. The molecule has 84 valence electrons. The molecule has 2 heteroatoms. The van der Waals surface area contributed by atoms with Crippen LogP contribution in [0.4, 0.5) is 0 Å². The summed E-state index contributed by atoms with van der Waals surface area (Å²) in [5.41, 5.74) is 2.80. The van der Waals surface area contributed by atoms with Crippen LogP contribution >= 0.6 is 0 Å². The molecule has 0 N–H and O–H groups in total. The Bertz CT molecular complexity index is 542. The molecule has 0 bridgehead atoms. The molecule has 0 saturated heterocycles. The Balaban J connectivity index is 2.33. The molecular weight excluding hydrogens is 210 g/mol. The van der Waals surface area contributed by atoms with Crippen molar-refractivity contribution in [3.63, 3.8) is 0 Å². The summed E-state index contributed by atoms with van der Waals surface area (Å²) in [5.74, 6) is 0.695. The van der Waals surface area contributed by atoms with Crippen LogP contribution in [0.25, 0.3) is 11.6 Å². The van der Waals surface area contributed by atoms with Gasteiger partial charge in [0.15, 0.2) is 0 Å². The minimum Gasteiger partial charge on any atom is -0.465 e. The zero-order chi connectivity index (χ0) is 12.1.